The van der Waals surface area contributed by atoms with Crippen molar-refractivity contribution in [3.05, 3.63) is 41.8 Å². The average molecular weight is 421 g/mol. The first-order valence-electron chi connectivity index (χ1n) is 10.2. The third-order valence-corrected chi connectivity index (χ3v) is 4.94. The zero-order valence-electron chi connectivity index (χ0n) is 17.2. The average Bonchev–Trinajstić information content (AvgIpc) is 3.36. The summed E-state index contributed by atoms with van der Waals surface area (Å²) in [7, 11) is 0. The molecule has 0 N–H and O–H groups in total. The van der Waals surface area contributed by atoms with Crippen molar-refractivity contribution in [3.8, 4) is 0 Å². The first kappa shape index (κ1) is 22.0. The lowest BCUT2D eigenvalue weighted by molar-refractivity contribution is -0.159. The molecule has 0 radical (unpaired) electrons. The maximum atomic E-state index is 12.5. The highest BCUT2D eigenvalue weighted by Gasteiger charge is 2.38. The molecule has 30 heavy (non-hydrogen) atoms. The van der Waals surface area contributed by atoms with Gasteiger partial charge in [-0.1, -0.05) is 44.0 Å². The van der Waals surface area contributed by atoms with Crippen molar-refractivity contribution >= 4 is 23.2 Å². The van der Waals surface area contributed by atoms with Gasteiger partial charge in [0.1, 0.15) is 0 Å². The predicted molar refractivity (Wildman–Crippen MR) is 110 cm³/mol. The van der Waals surface area contributed by atoms with Crippen LogP contribution < -0.4 is 0 Å². The maximum absolute atomic E-state index is 12.5. The SMILES string of the molecule is CCCCCN(CC)CCn1cnc2cc(/C=C/c3noc(C(F)(F)F)n3)ccc21. The van der Waals surface area contributed by atoms with Crippen LogP contribution in [0.2, 0.25) is 0 Å². The molecule has 3 rings (SSSR count). The molecular formula is C21H26F3N5O. The molecule has 0 spiro atoms. The molecule has 9 heteroatoms. The number of aromatic nitrogens is 4. The monoisotopic (exact) mass is 421 g/mol. The summed E-state index contributed by atoms with van der Waals surface area (Å²) in [5.41, 5.74) is 2.65. The topological polar surface area (TPSA) is 60.0 Å². The molecular weight excluding hydrogens is 395 g/mol. The summed E-state index contributed by atoms with van der Waals surface area (Å²) in [5, 5.41) is 3.32. The van der Waals surface area contributed by atoms with E-state index in [0.29, 0.717) is 0 Å². The van der Waals surface area contributed by atoms with Gasteiger partial charge in [-0.15, -0.1) is 0 Å². The molecule has 0 aliphatic heterocycles. The molecule has 0 atom stereocenters. The number of halogens is 3. The Morgan fingerprint density at radius 2 is 1.97 bits per heavy atom. The first-order valence-corrected chi connectivity index (χ1v) is 10.2. The molecule has 0 saturated heterocycles. The van der Waals surface area contributed by atoms with Crippen LogP contribution in [-0.2, 0) is 12.7 Å². The number of rotatable bonds is 10. The van der Waals surface area contributed by atoms with Gasteiger partial charge in [0.25, 0.3) is 0 Å². The van der Waals surface area contributed by atoms with E-state index in [1.165, 1.54) is 25.3 Å². The molecule has 2 aromatic heterocycles. The van der Waals surface area contributed by atoms with Gasteiger partial charge in [0.2, 0.25) is 0 Å². The first-order chi connectivity index (χ1) is 14.4. The number of hydrogen-bond acceptors (Lipinski definition) is 5. The van der Waals surface area contributed by atoms with Crippen molar-refractivity contribution in [2.45, 2.75) is 45.8 Å². The summed E-state index contributed by atoms with van der Waals surface area (Å²) >= 11 is 0. The van der Waals surface area contributed by atoms with E-state index in [1.807, 2.05) is 24.5 Å². The predicted octanol–water partition coefficient (Wildman–Crippen LogP) is 5.12. The Hall–Kier alpha value is -2.68. The number of nitrogens with zero attached hydrogens (tertiary/aromatic N) is 5. The van der Waals surface area contributed by atoms with Crippen molar-refractivity contribution in [1.29, 1.82) is 0 Å². The van der Waals surface area contributed by atoms with E-state index < -0.39 is 12.1 Å². The minimum absolute atomic E-state index is 0.129. The molecule has 0 saturated carbocycles. The van der Waals surface area contributed by atoms with Crippen LogP contribution in [0.25, 0.3) is 23.2 Å². The van der Waals surface area contributed by atoms with E-state index in [9.17, 15) is 13.2 Å². The Bertz CT molecular complexity index is 977. The number of alkyl halides is 3. The van der Waals surface area contributed by atoms with Crippen LogP contribution in [0.5, 0.6) is 0 Å². The standard InChI is InChI=1S/C21H26F3N5O/c1-3-5-6-11-28(4-2)12-13-29-15-25-17-14-16(7-9-18(17)29)8-10-19-26-20(30-27-19)21(22,23)24/h7-10,14-15H,3-6,11-13H2,1-2H3/b10-8+. The van der Waals surface area contributed by atoms with Gasteiger partial charge < -0.3 is 14.0 Å². The number of likely N-dealkylation sites (N-methyl/N-ethyl adjacent to an activating group) is 1. The van der Waals surface area contributed by atoms with Gasteiger partial charge in [-0.25, -0.2) is 4.98 Å². The molecule has 1 aromatic carbocycles. The lowest BCUT2D eigenvalue weighted by Crippen LogP contribution is -2.28. The van der Waals surface area contributed by atoms with Gasteiger partial charge in [-0.2, -0.15) is 18.2 Å². The molecule has 3 aromatic rings. The molecule has 162 valence electrons. The Balaban J connectivity index is 1.64. The largest absolute Gasteiger partial charge is 0.471 e. The Kier molecular flexibility index (Phi) is 7.25. The summed E-state index contributed by atoms with van der Waals surface area (Å²) in [4.78, 5) is 10.2. The minimum atomic E-state index is -4.64. The van der Waals surface area contributed by atoms with E-state index >= 15 is 0 Å². The molecule has 2 heterocycles. The molecule has 6 nitrogen and oxygen atoms in total. The van der Waals surface area contributed by atoms with Crippen molar-refractivity contribution in [2.75, 3.05) is 19.6 Å². The van der Waals surface area contributed by atoms with Crippen LogP contribution in [0.4, 0.5) is 13.2 Å². The molecule has 0 amide bonds. The van der Waals surface area contributed by atoms with Crippen molar-refractivity contribution in [2.24, 2.45) is 0 Å². The third kappa shape index (κ3) is 5.69. The van der Waals surface area contributed by atoms with Crippen LogP contribution in [0.15, 0.2) is 29.0 Å². The number of imidazole rings is 1. The van der Waals surface area contributed by atoms with Crippen molar-refractivity contribution < 1.29 is 17.7 Å². The Morgan fingerprint density at radius 1 is 1.13 bits per heavy atom. The van der Waals surface area contributed by atoms with E-state index in [4.69, 9.17) is 0 Å². The number of unbranched alkanes of at least 4 members (excludes halogenated alkanes) is 2. The number of hydrogen-bond donors (Lipinski definition) is 0. The quantitative estimate of drug-likeness (QED) is 0.425. The van der Waals surface area contributed by atoms with Gasteiger partial charge in [-0.05, 0) is 43.3 Å². The minimum Gasteiger partial charge on any atom is -0.329 e. The number of fused-ring (bicyclic) bond motifs is 1. The Morgan fingerprint density at radius 3 is 2.67 bits per heavy atom. The second-order valence-electron chi connectivity index (χ2n) is 7.12. The lowest BCUT2D eigenvalue weighted by Gasteiger charge is -2.20. The van der Waals surface area contributed by atoms with Crippen LogP contribution >= 0.6 is 0 Å². The van der Waals surface area contributed by atoms with Gasteiger partial charge in [-0.3, -0.25) is 0 Å². The summed E-state index contributed by atoms with van der Waals surface area (Å²) in [6, 6.07) is 5.74. The van der Waals surface area contributed by atoms with E-state index in [0.717, 1.165) is 42.8 Å². The van der Waals surface area contributed by atoms with Gasteiger partial charge in [0.05, 0.1) is 17.4 Å². The summed E-state index contributed by atoms with van der Waals surface area (Å²) in [5.74, 6) is -1.48. The zero-order chi connectivity index (χ0) is 21.6. The van der Waals surface area contributed by atoms with Crippen LogP contribution in [-0.4, -0.2) is 44.2 Å². The summed E-state index contributed by atoms with van der Waals surface area (Å²) in [6.07, 6.45) is 3.89. The molecule has 0 fully saturated rings. The Labute approximate surface area is 173 Å². The second kappa shape index (κ2) is 9.88. The zero-order valence-corrected chi connectivity index (χ0v) is 17.2. The second-order valence-corrected chi connectivity index (χ2v) is 7.12. The lowest BCUT2D eigenvalue weighted by atomic mass is 10.2. The summed E-state index contributed by atoms with van der Waals surface area (Å²) < 4.78 is 43.9. The number of benzene rings is 1. The van der Waals surface area contributed by atoms with Crippen molar-refractivity contribution in [3.63, 3.8) is 0 Å². The molecule has 0 aliphatic rings. The highest BCUT2D eigenvalue weighted by Crippen LogP contribution is 2.27. The fourth-order valence-electron chi connectivity index (χ4n) is 3.21. The van der Waals surface area contributed by atoms with Crippen molar-refractivity contribution in [1.82, 2.24) is 24.6 Å². The van der Waals surface area contributed by atoms with Gasteiger partial charge in [0.15, 0.2) is 5.82 Å². The smallest absolute Gasteiger partial charge is 0.329 e. The molecule has 0 bridgehead atoms. The maximum Gasteiger partial charge on any atom is 0.471 e. The fraction of sp³-hybridized carbons (Fsp3) is 0.476. The van der Waals surface area contributed by atoms with Crippen LogP contribution in [0.3, 0.4) is 0 Å². The van der Waals surface area contributed by atoms with E-state index in [1.54, 1.807) is 6.08 Å². The van der Waals surface area contributed by atoms with Gasteiger partial charge in [0, 0.05) is 13.1 Å². The van der Waals surface area contributed by atoms with E-state index in [2.05, 4.69) is 43.0 Å². The molecule has 0 unspecified atom stereocenters. The van der Waals surface area contributed by atoms with E-state index in [-0.39, 0.29) is 5.82 Å². The third-order valence-electron chi connectivity index (χ3n) is 4.94. The summed E-state index contributed by atoms with van der Waals surface area (Å²) in [6.45, 7) is 8.34. The highest BCUT2D eigenvalue weighted by molar-refractivity contribution is 5.80. The highest BCUT2D eigenvalue weighted by atomic mass is 19.4. The molecule has 0 aliphatic carbocycles. The fourth-order valence-corrected chi connectivity index (χ4v) is 3.21. The van der Waals surface area contributed by atoms with Gasteiger partial charge >= 0.3 is 12.1 Å². The van der Waals surface area contributed by atoms with Crippen LogP contribution in [0, 0.1) is 0 Å². The normalized spacial score (nSPS) is 12.6. The van der Waals surface area contributed by atoms with Crippen LogP contribution in [0.1, 0.15) is 50.4 Å².